The molecule has 3 nitrogen and oxygen atoms in total. The fraction of sp³-hybridized carbons (Fsp3) is 0.364. The summed E-state index contributed by atoms with van der Waals surface area (Å²) in [5, 5.41) is 0. The normalized spacial score (nSPS) is 13.8. The maximum Gasteiger partial charge on any atom is 0.119 e. The maximum atomic E-state index is 5.42. The summed E-state index contributed by atoms with van der Waals surface area (Å²) in [5.41, 5.74) is 3.58. The van der Waals surface area contributed by atoms with Crippen LogP contribution in [0.5, 0.6) is 0 Å². The summed E-state index contributed by atoms with van der Waals surface area (Å²) in [6.07, 6.45) is 1.02. The van der Waals surface area contributed by atoms with E-state index in [0.717, 1.165) is 17.9 Å². The maximum absolute atomic E-state index is 5.42. The first-order valence-corrected chi connectivity index (χ1v) is 4.88. The molecule has 0 aromatic heterocycles. The lowest BCUT2D eigenvalue weighted by Crippen LogP contribution is -2.34. The van der Waals surface area contributed by atoms with E-state index in [0.29, 0.717) is 5.92 Å². The first-order chi connectivity index (χ1) is 6.77. The Hall–Kier alpha value is -1.35. The highest BCUT2D eigenvalue weighted by Crippen LogP contribution is 2.12. The van der Waals surface area contributed by atoms with Crippen molar-refractivity contribution in [1.29, 1.82) is 0 Å². The van der Waals surface area contributed by atoms with Crippen LogP contribution >= 0.6 is 0 Å². The SMILES string of the molecule is CCC(C)C(=Nc1ccccc1)NN. The summed E-state index contributed by atoms with van der Waals surface area (Å²) in [6, 6.07) is 9.81. The monoisotopic (exact) mass is 191 g/mol. The van der Waals surface area contributed by atoms with Crippen LogP contribution in [0.2, 0.25) is 0 Å². The van der Waals surface area contributed by atoms with Crippen LogP contribution in [-0.4, -0.2) is 5.84 Å². The van der Waals surface area contributed by atoms with Gasteiger partial charge in [-0.05, 0) is 18.6 Å². The molecular weight excluding hydrogens is 174 g/mol. The summed E-state index contributed by atoms with van der Waals surface area (Å²) in [7, 11) is 0. The van der Waals surface area contributed by atoms with Gasteiger partial charge >= 0.3 is 0 Å². The first kappa shape index (κ1) is 10.7. The molecule has 14 heavy (non-hydrogen) atoms. The number of amidine groups is 1. The van der Waals surface area contributed by atoms with Gasteiger partial charge in [-0.1, -0.05) is 32.0 Å². The molecule has 1 aromatic rings. The molecule has 0 aliphatic heterocycles. The van der Waals surface area contributed by atoms with Crippen molar-refractivity contribution < 1.29 is 0 Å². The summed E-state index contributed by atoms with van der Waals surface area (Å²) in [5.74, 6) is 6.61. The van der Waals surface area contributed by atoms with Crippen LogP contribution in [0, 0.1) is 5.92 Å². The molecule has 3 heteroatoms. The topological polar surface area (TPSA) is 50.4 Å². The molecule has 0 saturated carbocycles. The second kappa shape index (κ2) is 5.40. The van der Waals surface area contributed by atoms with Crippen LogP contribution in [0.25, 0.3) is 0 Å². The largest absolute Gasteiger partial charge is 0.312 e. The van der Waals surface area contributed by atoms with Crippen molar-refractivity contribution in [2.24, 2.45) is 16.8 Å². The Morgan fingerprint density at radius 3 is 2.57 bits per heavy atom. The van der Waals surface area contributed by atoms with Gasteiger partial charge in [0.1, 0.15) is 5.84 Å². The summed E-state index contributed by atoms with van der Waals surface area (Å²) >= 11 is 0. The van der Waals surface area contributed by atoms with Crippen molar-refractivity contribution in [2.45, 2.75) is 20.3 Å². The molecule has 1 aromatic carbocycles. The molecule has 1 rings (SSSR count). The number of rotatable bonds is 3. The summed E-state index contributed by atoms with van der Waals surface area (Å²) in [4.78, 5) is 4.43. The lowest BCUT2D eigenvalue weighted by molar-refractivity contribution is 0.706. The van der Waals surface area contributed by atoms with Gasteiger partial charge in [0.2, 0.25) is 0 Å². The van der Waals surface area contributed by atoms with Crippen LogP contribution in [-0.2, 0) is 0 Å². The van der Waals surface area contributed by atoms with Crippen molar-refractivity contribution in [3.05, 3.63) is 30.3 Å². The number of nitrogens with two attached hydrogens (primary N) is 1. The second-order valence-corrected chi connectivity index (χ2v) is 3.29. The molecule has 0 saturated heterocycles. The van der Waals surface area contributed by atoms with Crippen LogP contribution in [0.15, 0.2) is 35.3 Å². The molecule has 0 spiro atoms. The van der Waals surface area contributed by atoms with Crippen LogP contribution < -0.4 is 11.3 Å². The molecular formula is C11H17N3. The highest BCUT2D eigenvalue weighted by Gasteiger charge is 2.06. The highest BCUT2D eigenvalue weighted by atomic mass is 15.3. The zero-order valence-electron chi connectivity index (χ0n) is 8.70. The van der Waals surface area contributed by atoms with Gasteiger partial charge in [0.25, 0.3) is 0 Å². The van der Waals surface area contributed by atoms with E-state index in [1.807, 2.05) is 30.3 Å². The van der Waals surface area contributed by atoms with Gasteiger partial charge in [-0.15, -0.1) is 0 Å². The molecule has 3 N–H and O–H groups in total. The quantitative estimate of drug-likeness (QED) is 0.333. The lowest BCUT2D eigenvalue weighted by atomic mass is 10.1. The average Bonchev–Trinajstić information content (AvgIpc) is 2.26. The molecule has 0 bridgehead atoms. The Balaban J connectivity index is 2.84. The number of nitrogens with one attached hydrogen (secondary N) is 1. The summed E-state index contributed by atoms with van der Waals surface area (Å²) in [6.45, 7) is 4.21. The average molecular weight is 191 g/mol. The molecule has 1 atom stereocenters. The van der Waals surface area contributed by atoms with Crippen molar-refractivity contribution in [2.75, 3.05) is 0 Å². The number of para-hydroxylation sites is 1. The lowest BCUT2D eigenvalue weighted by Gasteiger charge is -2.11. The minimum atomic E-state index is 0.361. The van der Waals surface area contributed by atoms with E-state index in [1.165, 1.54) is 0 Å². The van der Waals surface area contributed by atoms with Gasteiger partial charge in [0, 0.05) is 5.92 Å². The van der Waals surface area contributed by atoms with Crippen LogP contribution in [0.1, 0.15) is 20.3 Å². The van der Waals surface area contributed by atoms with E-state index in [4.69, 9.17) is 5.84 Å². The molecule has 1 unspecified atom stereocenters. The van der Waals surface area contributed by atoms with E-state index in [-0.39, 0.29) is 0 Å². The van der Waals surface area contributed by atoms with Crippen molar-refractivity contribution >= 4 is 11.5 Å². The predicted molar refractivity (Wildman–Crippen MR) is 60.3 cm³/mol. The predicted octanol–water partition coefficient (Wildman–Crippen LogP) is 2.23. The van der Waals surface area contributed by atoms with E-state index in [2.05, 4.69) is 24.3 Å². The fourth-order valence-corrected chi connectivity index (χ4v) is 1.12. The van der Waals surface area contributed by atoms with E-state index < -0.39 is 0 Å². The van der Waals surface area contributed by atoms with Crippen LogP contribution in [0.3, 0.4) is 0 Å². The number of nitrogens with zero attached hydrogens (tertiary/aromatic N) is 1. The van der Waals surface area contributed by atoms with Gasteiger partial charge in [-0.2, -0.15) is 0 Å². The molecule has 0 aliphatic rings. The van der Waals surface area contributed by atoms with Gasteiger partial charge in [-0.25, -0.2) is 10.8 Å². The fourth-order valence-electron chi connectivity index (χ4n) is 1.12. The van der Waals surface area contributed by atoms with Gasteiger partial charge < -0.3 is 5.43 Å². The number of benzene rings is 1. The van der Waals surface area contributed by atoms with Crippen molar-refractivity contribution in [3.8, 4) is 0 Å². The minimum Gasteiger partial charge on any atom is -0.312 e. The molecule has 0 fully saturated rings. The number of aliphatic imine (C=N–C) groups is 1. The molecule has 76 valence electrons. The van der Waals surface area contributed by atoms with Crippen molar-refractivity contribution in [1.82, 2.24) is 5.43 Å². The molecule has 0 aliphatic carbocycles. The van der Waals surface area contributed by atoms with E-state index in [1.54, 1.807) is 0 Å². The number of hydrogen-bond donors (Lipinski definition) is 2. The Bertz CT molecular complexity index is 293. The number of hydrazine groups is 1. The van der Waals surface area contributed by atoms with Crippen LogP contribution in [0.4, 0.5) is 5.69 Å². The standard InChI is InChI=1S/C11H17N3/c1-3-9(2)11(14-12)13-10-7-5-4-6-8-10/h4-9H,3,12H2,1-2H3,(H,13,14). The van der Waals surface area contributed by atoms with E-state index in [9.17, 15) is 0 Å². The van der Waals surface area contributed by atoms with Crippen molar-refractivity contribution in [3.63, 3.8) is 0 Å². The van der Waals surface area contributed by atoms with Gasteiger partial charge in [0.05, 0.1) is 5.69 Å². The number of hydrogen-bond acceptors (Lipinski definition) is 2. The third-order valence-corrected chi connectivity index (χ3v) is 2.23. The molecule has 0 heterocycles. The Morgan fingerprint density at radius 2 is 2.07 bits per heavy atom. The Labute approximate surface area is 85.0 Å². The van der Waals surface area contributed by atoms with Gasteiger partial charge in [0.15, 0.2) is 0 Å². The highest BCUT2D eigenvalue weighted by molar-refractivity contribution is 5.86. The smallest absolute Gasteiger partial charge is 0.119 e. The zero-order chi connectivity index (χ0) is 10.4. The summed E-state index contributed by atoms with van der Waals surface area (Å²) < 4.78 is 0. The zero-order valence-corrected chi connectivity index (χ0v) is 8.70. The van der Waals surface area contributed by atoms with Gasteiger partial charge in [-0.3, -0.25) is 0 Å². The van der Waals surface area contributed by atoms with E-state index >= 15 is 0 Å². The first-order valence-electron chi connectivity index (χ1n) is 4.88. The third-order valence-electron chi connectivity index (χ3n) is 2.23. The molecule has 0 radical (unpaired) electrons. The Morgan fingerprint density at radius 1 is 1.43 bits per heavy atom. The third kappa shape index (κ3) is 2.85. The molecule has 0 amide bonds. The second-order valence-electron chi connectivity index (χ2n) is 3.29. The minimum absolute atomic E-state index is 0.361. The Kier molecular flexibility index (Phi) is 4.13.